The molecule has 0 bridgehead atoms. The van der Waals surface area contributed by atoms with Crippen LogP contribution in [0.1, 0.15) is 47.9 Å². The van der Waals surface area contributed by atoms with Crippen molar-refractivity contribution in [2.75, 3.05) is 0 Å². The predicted molar refractivity (Wildman–Crippen MR) is 108 cm³/mol. The van der Waals surface area contributed by atoms with Gasteiger partial charge in [0.05, 0.1) is 23.3 Å². The molecule has 156 valence electrons. The fraction of sp³-hybridized carbons (Fsp3) is 0.391. The van der Waals surface area contributed by atoms with E-state index in [0.29, 0.717) is 11.1 Å². The van der Waals surface area contributed by atoms with Crippen LogP contribution in [0, 0.1) is 11.8 Å². The maximum Gasteiger partial charge on any atom is 0.341 e. The van der Waals surface area contributed by atoms with E-state index in [2.05, 4.69) is 0 Å². The predicted octanol–water partition coefficient (Wildman–Crippen LogP) is 3.43. The lowest BCUT2D eigenvalue weighted by molar-refractivity contribution is -0.110. The number of hydrogen-bond donors (Lipinski definition) is 2. The van der Waals surface area contributed by atoms with Crippen LogP contribution in [0.5, 0.6) is 0 Å². The first kappa shape index (κ1) is 22.6. The van der Waals surface area contributed by atoms with E-state index in [-0.39, 0.29) is 12.3 Å². The number of aliphatic hydroxyl groups excluding tert-OH is 2. The first-order valence-corrected chi connectivity index (χ1v) is 9.67. The van der Waals surface area contributed by atoms with E-state index in [1.54, 1.807) is 67.6 Å². The van der Waals surface area contributed by atoms with Crippen LogP contribution < -0.4 is 0 Å². The highest BCUT2D eigenvalue weighted by atomic mass is 16.7. The minimum absolute atomic E-state index is 0.0585. The molecule has 29 heavy (non-hydrogen) atoms. The molecule has 2 aromatic rings. The van der Waals surface area contributed by atoms with E-state index in [4.69, 9.17) is 9.47 Å². The van der Waals surface area contributed by atoms with Crippen LogP contribution in [0.3, 0.4) is 0 Å². The Bertz CT molecular complexity index is 721. The molecule has 0 heterocycles. The van der Waals surface area contributed by atoms with Gasteiger partial charge in [0, 0.05) is 12.3 Å². The zero-order valence-corrected chi connectivity index (χ0v) is 16.9. The van der Waals surface area contributed by atoms with Crippen LogP contribution in [0.15, 0.2) is 60.7 Å². The summed E-state index contributed by atoms with van der Waals surface area (Å²) < 4.78 is 10.7. The molecule has 2 rings (SSSR count). The molecule has 0 fully saturated rings. The van der Waals surface area contributed by atoms with E-state index in [1.807, 2.05) is 13.8 Å². The summed E-state index contributed by atoms with van der Waals surface area (Å²) in [6.07, 6.45) is -3.24. The summed E-state index contributed by atoms with van der Waals surface area (Å²) in [6.45, 7) is 5.39. The van der Waals surface area contributed by atoms with Gasteiger partial charge in [-0.1, -0.05) is 57.2 Å². The van der Waals surface area contributed by atoms with Crippen LogP contribution in [-0.4, -0.2) is 40.6 Å². The number of benzene rings is 2. The molecule has 2 aromatic carbocycles. The highest BCUT2D eigenvalue weighted by Gasteiger charge is 2.30. The molecule has 0 aromatic heterocycles. The molecule has 2 N–H and O–H groups in total. The quantitative estimate of drug-likeness (QED) is 0.495. The lowest BCUT2D eigenvalue weighted by Gasteiger charge is -2.29. The van der Waals surface area contributed by atoms with Crippen LogP contribution in [-0.2, 0) is 9.47 Å². The van der Waals surface area contributed by atoms with Gasteiger partial charge in [-0.15, -0.1) is 0 Å². The number of carbonyl (C=O) groups is 2. The molecule has 0 saturated carbocycles. The Hall–Kier alpha value is -2.70. The lowest BCUT2D eigenvalue weighted by Crippen LogP contribution is -2.37. The molecule has 3 atom stereocenters. The normalized spacial score (nSPS) is 14.3. The van der Waals surface area contributed by atoms with Crippen LogP contribution in [0.4, 0.5) is 0 Å². The number of ether oxygens (including phenoxy) is 2. The third-order valence-electron chi connectivity index (χ3n) is 4.76. The zero-order chi connectivity index (χ0) is 21.4. The molecule has 0 radical (unpaired) electrons. The van der Waals surface area contributed by atoms with Gasteiger partial charge < -0.3 is 19.7 Å². The highest BCUT2D eigenvalue weighted by Crippen LogP contribution is 2.22. The molecule has 6 heteroatoms. The molecule has 0 amide bonds. The second-order valence-corrected chi connectivity index (χ2v) is 7.37. The van der Waals surface area contributed by atoms with Crippen molar-refractivity contribution >= 4 is 11.9 Å². The van der Waals surface area contributed by atoms with Gasteiger partial charge in [-0.25, -0.2) is 9.59 Å². The Morgan fingerprint density at radius 1 is 0.793 bits per heavy atom. The Morgan fingerprint density at radius 3 is 1.59 bits per heavy atom. The minimum Gasteiger partial charge on any atom is -0.421 e. The third-order valence-corrected chi connectivity index (χ3v) is 4.76. The summed E-state index contributed by atoms with van der Waals surface area (Å²) >= 11 is 0. The summed E-state index contributed by atoms with van der Waals surface area (Å²) in [5.74, 6) is -1.89. The minimum atomic E-state index is -1.30. The van der Waals surface area contributed by atoms with Crippen LogP contribution in [0.2, 0.25) is 0 Å². The Morgan fingerprint density at radius 2 is 1.21 bits per heavy atom. The van der Waals surface area contributed by atoms with Crippen molar-refractivity contribution in [1.82, 2.24) is 0 Å². The monoisotopic (exact) mass is 400 g/mol. The standard InChI is InChI=1S/C23H28O6/c1-15(2)21(25)16(3)19(24)14-20(28-22(26)17-10-6-4-7-11-17)29-23(27)18-12-8-5-9-13-18/h4-13,15-16,19-21,24-25H,14H2,1-3H3. The zero-order valence-electron chi connectivity index (χ0n) is 16.9. The van der Waals surface area contributed by atoms with Gasteiger partial charge in [0.2, 0.25) is 0 Å². The van der Waals surface area contributed by atoms with Gasteiger partial charge in [0.25, 0.3) is 6.29 Å². The van der Waals surface area contributed by atoms with Crippen molar-refractivity contribution < 1.29 is 29.3 Å². The van der Waals surface area contributed by atoms with Gasteiger partial charge in [-0.05, 0) is 30.2 Å². The maximum absolute atomic E-state index is 12.4. The second-order valence-electron chi connectivity index (χ2n) is 7.37. The van der Waals surface area contributed by atoms with E-state index >= 15 is 0 Å². The average Bonchev–Trinajstić information content (AvgIpc) is 2.73. The van der Waals surface area contributed by atoms with Crippen molar-refractivity contribution in [3.63, 3.8) is 0 Å². The number of aliphatic hydroxyl groups is 2. The summed E-state index contributed by atoms with van der Waals surface area (Å²) in [7, 11) is 0. The molecular weight excluding hydrogens is 372 g/mol. The maximum atomic E-state index is 12.4. The number of esters is 2. The largest absolute Gasteiger partial charge is 0.421 e. The van der Waals surface area contributed by atoms with Crippen molar-refractivity contribution in [3.8, 4) is 0 Å². The molecule has 0 saturated heterocycles. The Balaban J connectivity index is 2.13. The van der Waals surface area contributed by atoms with Gasteiger partial charge in [0.1, 0.15) is 0 Å². The summed E-state index contributed by atoms with van der Waals surface area (Å²) in [4.78, 5) is 24.8. The first-order valence-electron chi connectivity index (χ1n) is 9.67. The third kappa shape index (κ3) is 6.69. The second kappa shape index (κ2) is 10.7. The van der Waals surface area contributed by atoms with Crippen molar-refractivity contribution in [2.24, 2.45) is 11.8 Å². The SMILES string of the molecule is CC(C)C(O)C(C)C(O)CC(OC(=O)c1ccccc1)OC(=O)c1ccccc1. The van der Waals surface area contributed by atoms with Crippen molar-refractivity contribution in [3.05, 3.63) is 71.8 Å². The molecule has 0 aliphatic heterocycles. The van der Waals surface area contributed by atoms with Gasteiger partial charge in [-0.3, -0.25) is 0 Å². The number of hydrogen-bond acceptors (Lipinski definition) is 6. The summed E-state index contributed by atoms with van der Waals surface area (Å²) in [6, 6.07) is 16.6. The van der Waals surface area contributed by atoms with E-state index in [0.717, 1.165) is 0 Å². The van der Waals surface area contributed by atoms with Crippen LogP contribution in [0.25, 0.3) is 0 Å². The van der Waals surface area contributed by atoms with Gasteiger partial charge in [0.15, 0.2) is 0 Å². The van der Waals surface area contributed by atoms with Gasteiger partial charge >= 0.3 is 11.9 Å². The molecule has 0 aliphatic rings. The Kier molecular flexibility index (Phi) is 8.36. The van der Waals surface area contributed by atoms with Crippen molar-refractivity contribution in [1.29, 1.82) is 0 Å². The summed E-state index contributed by atoms with van der Waals surface area (Å²) in [5, 5.41) is 20.8. The van der Waals surface area contributed by atoms with E-state index in [1.165, 1.54) is 0 Å². The molecular formula is C23H28O6. The fourth-order valence-electron chi connectivity index (χ4n) is 2.89. The fourth-order valence-corrected chi connectivity index (χ4v) is 2.89. The summed E-state index contributed by atoms with van der Waals surface area (Å²) in [5.41, 5.74) is 0.607. The smallest absolute Gasteiger partial charge is 0.341 e. The molecule has 0 spiro atoms. The van der Waals surface area contributed by atoms with E-state index < -0.39 is 36.4 Å². The van der Waals surface area contributed by atoms with Crippen LogP contribution >= 0.6 is 0 Å². The van der Waals surface area contributed by atoms with Crippen molar-refractivity contribution in [2.45, 2.75) is 45.7 Å². The molecule has 6 nitrogen and oxygen atoms in total. The highest BCUT2D eigenvalue weighted by molar-refractivity contribution is 5.90. The lowest BCUT2D eigenvalue weighted by atomic mass is 9.89. The first-order chi connectivity index (χ1) is 13.8. The Labute approximate surface area is 171 Å². The van der Waals surface area contributed by atoms with E-state index in [9.17, 15) is 19.8 Å². The number of carbonyl (C=O) groups excluding carboxylic acids is 2. The topological polar surface area (TPSA) is 93.1 Å². The molecule has 3 unspecified atom stereocenters. The molecule has 0 aliphatic carbocycles. The average molecular weight is 400 g/mol. The number of rotatable bonds is 9. The van der Waals surface area contributed by atoms with Gasteiger partial charge in [-0.2, -0.15) is 0 Å².